The Balaban J connectivity index is 0.00000245. The molecule has 0 saturated heterocycles. The quantitative estimate of drug-likeness (QED) is 0.251. The van der Waals surface area contributed by atoms with E-state index in [4.69, 9.17) is 4.18 Å². The molecule has 0 bridgehead atoms. The second-order valence-electron chi connectivity index (χ2n) is 7.38. The van der Waals surface area contributed by atoms with Crippen LogP contribution in [0.5, 0.6) is 0 Å². The zero-order chi connectivity index (χ0) is 21.3. The molecule has 154 valence electrons. The molecule has 0 spiro atoms. The molecule has 0 aliphatic rings. The summed E-state index contributed by atoms with van der Waals surface area (Å²) in [4.78, 5) is 0.139. The number of benzene rings is 5. The molecule has 0 aliphatic heterocycles. The van der Waals surface area contributed by atoms with Gasteiger partial charge in [0, 0.05) is 0 Å². The molecule has 0 saturated carbocycles. The summed E-state index contributed by atoms with van der Waals surface area (Å²) in [6.07, 6.45) is -0.789. The molecule has 0 amide bonds. The molecule has 0 aliphatic carbocycles. The predicted molar refractivity (Wildman–Crippen MR) is 132 cm³/mol. The van der Waals surface area contributed by atoms with Crippen molar-refractivity contribution in [1.82, 2.24) is 0 Å². The zero-order valence-corrected chi connectivity index (χ0v) is 17.5. The van der Waals surface area contributed by atoms with E-state index >= 15 is 0 Å². The molecule has 3 nitrogen and oxygen atoms in total. The summed E-state index contributed by atoms with van der Waals surface area (Å²) in [7, 11) is -3.99. The van der Waals surface area contributed by atoms with Gasteiger partial charge in [-0.25, -0.2) is 0 Å². The van der Waals surface area contributed by atoms with Crippen LogP contribution in [0.15, 0.2) is 120 Å². The van der Waals surface area contributed by atoms with Crippen LogP contribution in [0.4, 0.5) is 0 Å². The Morgan fingerprint density at radius 3 is 1.50 bits per heavy atom. The van der Waals surface area contributed by atoms with E-state index < -0.39 is 16.2 Å². The molecule has 0 radical (unpaired) electrons. The van der Waals surface area contributed by atoms with Gasteiger partial charge in [-0.3, -0.25) is 4.18 Å². The first-order valence-corrected chi connectivity index (χ1v) is 11.5. The van der Waals surface area contributed by atoms with Crippen LogP contribution >= 0.6 is 0 Å². The molecule has 0 N–H and O–H groups in total. The minimum absolute atomic E-state index is 0. The van der Waals surface area contributed by atoms with Gasteiger partial charge in [0.05, 0.1) is 4.90 Å². The topological polar surface area (TPSA) is 43.4 Å². The Morgan fingerprint density at radius 1 is 0.531 bits per heavy atom. The van der Waals surface area contributed by atoms with Gasteiger partial charge in [-0.05, 0) is 44.8 Å². The predicted octanol–water partition coefficient (Wildman–Crippen LogP) is 5.84. The maximum atomic E-state index is 13.2. The van der Waals surface area contributed by atoms with Gasteiger partial charge < -0.3 is 0 Å². The van der Waals surface area contributed by atoms with E-state index in [2.05, 4.69) is 0 Å². The van der Waals surface area contributed by atoms with Crippen molar-refractivity contribution in [2.45, 2.75) is 11.0 Å². The molecular formula is C27H21NaO3S. The van der Waals surface area contributed by atoms with Crippen LogP contribution in [0.2, 0.25) is 0 Å². The third kappa shape index (κ3) is 4.38. The van der Waals surface area contributed by atoms with Gasteiger partial charge in [0.2, 0.25) is 0 Å². The van der Waals surface area contributed by atoms with E-state index in [9.17, 15) is 8.42 Å². The van der Waals surface area contributed by atoms with Crippen LogP contribution in [-0.2, 0) is 14.3 Å². The summed E-state index contributed by atoms with van der Waals surface area (Å²) < 4.78 is 32.5. The number of rotatable bonds is 5. The normalized spacial score (nSPS) is 11.5. The van der Waals surface area contributed by atoms with E-state index in [1.165, 1.54) is 0 Å². The van der Waals surface area contributed by atoms with Crippen molar-refractivity contribution in [1.29, 1.82) is 0 Å². The van der Waals surface area contributed by atoms with Crippen LogP contribution in [0, 0.1) is 0 Å². The Bertz CT molecular complexity index is 1390. The molecular weight excluding hydrogens is 427 g/mol. The number of hydrogen-bond acceptors (Lipinski definition) is 3. The van der Waals surface area contributed by atoms with Gasteiger partial charge >= 0.3 is 29.6 Å². The molecule has 0 atom stereocenters. The Kier molecular flexibility index (Phi) is 6.79. The molecule has 5 rings (SSSR count). The molecule has 0 heterocycles. The Hall–Kier alpha value is -2.47. The molecule has 5 aromatic carbocycles. The SMILES string of the molecule is O=S(=O)(OC(c1cccc2ccccc12)c1cccc2ccccc12)c1ccccc1.[NaH]. The number of hydrogen-bond donors (Lipinski definition) is 0. The third-order valence-electron chi connectivity index (χ3n) is 5.47. The molecule has 5 heteroatoms. The summed E-state index contributed by atoms with van der Waals surface area (Å²) in [6, 6.07) is 36.0. The first kappa shape index (κ1) is 22.7. The number of fused-ring (bicyclic) bond motifs is 2. The van der Waals surface area contributed by atoms with Crippen LogP contribution in [0.25, 0.3) is 21.5 Å². The fourth-order valence-corrected chi connectivity index (χ4v) is 5.06. The van der Waals surface area contributed by atoms with Gasteiger partial charge in [0.15, 0.2) is 0 Å². The van der Waals surface area contributed by atoms with E-state index in [0.717, 1.165) is 32.7 Å². The van der Waals surface area contributed by atoms with Crippen molar-refractivity contribution >= 4 is 61.2 Å². The fourth-order valence-electron chi connectivity index (χ4n) is 4.00. The van der Waals surface area contributed by atoms with Crippen LogP contribution in [0.1, 0.15) is 17.2 Å². The summed E-state index contributed by atoms with van der Waals surface area (Å²) in [5, 5.41) is 3.99. The van der Waals surface area contributed by atoms with Gasteiger partial charge in [0.1, 0.15) is 6.10 Å². The molecule has 0 unspecified atom stereocenters. The van der Waals surface area contributed by atoms with E-state index in [1.54, 1.807) is 30.3 Å². The van der Waals surface area contributed by atoms with Crippen molar-refractivity contribution in [2.75, 3.05) is 0 Å². The average molecular weight is 449 g/mol. The van der Waals surface area contributed by atoms with E-state index in [0.29, 0.717) is 0 Å². The van der Waals surface area contributed by atoms with Crippen LogP contribution in [-0.4, -0.2) is 38.0 Å². The molecule has 0 fully saturated rings. The van der Waals surface area contributed by atoms with Crippen molar-refractivity contribution in [3.63, 3.8) is 0 Å². The summed E-state index contributed by atoms with van der Waals surface area (Å²) in [5.74, 6) is 0. The van der Waals surface area contributed by atoms with Gasteiger partial charge in [-0.1, -0.05) is 103 Å². The standard InChI is InChI=1S/C27H20O3S.Na.H/c28-31(29,22-14-2-1-3-15-22)30-27(25-18-8-12-20-10-4-6-16-23(20)25)26-19-9-13-21-11-5-7-17-24(21)26;;/h1-19,27H;;. The van der Waals surface area contributed by atoms with Crippen molar-refractivity contribution in [2.24, 2.45) is 0 Å². The minimum atomic E-state index is -3.99. The summed E-state index contributed by atoms with van der Waals surface area (Å²) in [6.45, 7) is 0. The van der Waals surface area contributed by atoms with Crippen molar-refractivity contribution < 1.29 is 12.6 Å². The first-order valence-electron chi connectivity index (χ1n) is 10.1. The Morgan fingerprint density at radius 2 is 0.969 bits per heavy atom. The monoisotopic (exact) mass is 448 g/mol. The third-order valence-corrected chi connectivity index (χ3v) is 6.76. The second kappa shape index (κ2) is 9.57. The molecule has 0 aromatic heterocycles. The Labute approximate surface area is 210 Å². The first-order chi connectivity index (χ1) is 15.1. The molecule has 32 heavy (non-hydrogen) atoms. The average Bonchev–Trinajstić information content (AvgIpc) is 2.82. The maximum absolute atomic E-state index is 13.2. The van der Waals surface area contributed by atoms with E-state index in [-0.39, 0.29) is 34.5 Å². The van der Waals surface area contributed by atoms with Crippen LogP contribution < -0.4 is 0 Å². The van der Waals surface area contributed by atoms with Gasteiger partial charge in [0.25, 0.3) is 10.1 Å². The van der Waals surface area contributed by atoms with E-state index in [1.807, 2.05) is 84.9 Å². The van der Waals surface area contributed by atoms with Gasteiger partial charge in [-0.2, -0.15) is 8.42 Å². The zero-order valence-electron chi connectivity index (χ0n) is 16.7. The van der Waals surface area contributed by atoms with Crippen molar-refractivity contribution in [3.8, 4) is 0 Å². The van der Waals surface area contributed by atoms with Gasteiger partial charge in [-0.15, -0.1) is 0 Å². The summed E-state index contributed by atoms with van der Waals surface area (Å²) >= 11 is 0. The van der Waals surface area contributed by atoms with Crippen LogP contribution in [0.3, 0.4) is 0 Å². The molecule has 5 aromatic rings. The van der Waals surface area contributed by atoms with Crippen molar-refractivity contribution in [3.05, 3.63) is 126 Å². The fraction of sp³-hybridized carbons (Fsp3) is 0.0370. The summed E-state index contributed by atoms with van der Waals surface area (Å²) in [5.41, 5.74) is 1.63. The second-order valence-corrected chi connectivity index (χ2v) is 8.95.